The van der Waals surface area contributed by atoms with Gasteiger partial charge in [0.15, 0.2) is 0 Å². The van der Waals surface area contributed by atoms with E-state index in [1.807, 2.05) is 0 Å². The number of ether oxygens (including phenoxy) is 1. The molecular formula is C14H14N2O5. The number of hydrogen-bond acceptors (Lipinski definition) is 6. The quantitative estimate of drug-likeness (QED) is 0.498. The number of nitrogens with zero attached hydrogens (tertiary/aromatic N) is 1. The van der Waals surface area contributed by atoms with Crippen molar-refractivity contribution in [3.63, 3.8) is 0 Å². The second-order valence-electron chi connectivity index (χ2n) is 4.32. The van der Waals surface area contributed by atoms with Crippen LogP contribution in [0, 0.1) is 10.1 Å². The second kappa shape index (κ2) is 6.67. The van der Waals surface area contributed by atoms with E-state index in [2.05, 4.69) is 10.1 Å². The Labute approximate surface area is 120 Å². The number of carbonyl (C=O) groups excluding carboxylic acids is 1. The Balaban J connectivity index is 1.89. The molecular weight excluding hydrogens is 276 g/mol. The van der Waals surface area contributed by atoms with Crippen LogP contribution in [0.3, 0.4) is 0 Å². The Hall–Kier alpha value is -2.67. The van der Waals surface area contributed by atoms with Gasteiger partial charge < -0.3 is 14.5 Å². The molecule has 0 spiro atoms. The lowest BCUT2D eigenvalue weighted by Crippen LogP contribution is -2.12. The van der Waals surface area contributed by atoms with Crippen LogP contribution in [-0.4, -0.2) is 18.0 Å². The van der Waals surface area contributed by atoms with E-state index in [1.54, 1.807) is 18.2 Å². The molecule has 0 fully saturated rings. The number of methoxy groups -OCH3 is 1. The summed E-state index contributed by atoms with van der Waals surface area (Å²) in [6.45, 7) is 0.857. The minimum atomic E-state index is -0.455. The van der Waals surface area contributed by atoms with Crippen molar-refractivity contribution in [3.8, 4) is 0 Å². The van der Waals surface area contributed by atoms with Crippen molar-refractivity contribution in [2.24, 2.45) is 0 Å². The zero-order valence-electron chi connectivity index (χ0n) is 11.4. The van der Waals surface area contributed by atoms with E-state index in [4.69, 9.17) is 4.42 Å². The summed E-state index contributed by atoms with van der Waals surface area (Å²) < 4.78 is 9.79. The highest BCUT2D eigenvalue weighted by molar-refractivity contribution is 5.88. The maximum Gasteiger partial charge on any atom is 0.341 e. The summed E-state index contributed by atoms with van der Waals surface area (Å²) in [5.41, 5.74) is 1.20. The largest absolute Gasteiger partial charge is 0.467 e. The summed E-state index contributed by atoms with van der Waals surface area (Å²) >= 11 is 0. The third-order valence-corrected chi connectivity index (χ3v) is 2.82. The third kappa shape index (κ3) is 3.90. The highest BCUT2D eigenvalue weighted by Crippen LogP contribution is 2.13. The van der Waals surface area contributed by atoms with Gasteiger partial charge in [-0.15, -0.1) is 0 Å². The first kappa shape index (κ1) is 14.7. The predicted octanol–water partition coefficient (Wildman–Crippen LogP) is 2.26. The number of carbonyl (C=O) groups is 1. The standard InChI is InChI=1S/C14H14N2O5/c1-20-14(17)11-6-13(21-9-11)8-15-7-10-3-2-4-12(5-10)16(18)19/h2-6,9,15H,7-8H2,1H3. The van der Waals surface area contributed by atoms with Gasteiger partial charge in [-0.2, -0.15) is 0 Å². The topological polar surface area (TPSA) is 94.6 Å². The molecule has 0 amide bonds. The van der Waals surface area contributed by atoms with E-state index in [9.17, 15) is 14.9 Å². The number of furan rings is 1. The molecule has 0 saturated carbocycles. The van der Waals surface area contributed by atoms with E-state index in [1.165, 1.54) is 25.5 Å². The van der Waals surface area contributed by atoms with E-state index in [0.717, 1.165) is 5.56 Å². The Morgan fingerprint density at radius 2 is 2.19 bits per heavy atom. The molecule has 2 rings (SSSR count). The van der Waals surface area contributed by atoms with Crippen molar-refractivity contribution >= 4 is 11.7 Å². The van der Waals surface area contributed by atoms with Crippen LogP contribution in [0.5, 0.6) is 0 Å². The molecule has 0 aliphatic carbocycles. The van der Waals surface area contributed by atoms with Crippen molar-refractivity contribution < 1.29 is 18.9 Å². The first-order chi connectivity index (χ1) is 10.1. The SMILES string of the molecule is COC(=O)c1coc(CNCc2cccc([N+](=O)[O-])c2)c1. The van der Waals surface area contributed by atoms with E-state index >= 15 is 0 Å². The van der Waals surface area contributed by atoms with Crippen molar-refractivity contribution in [2.45, 2.75) is 13.1 Å². The Morgan fingerprint density at radius 1 is 1.38 bits per heavy atom. The zero-order chi connectivity index (χ0) is 15.2. The molecule has 7 heteroatoms. The summed E-state index contributed by atoms with van der Waals surface area (Å²) in [5.74, 6) is 0.129. The molecule has 7 nitrogen and oxygen atoms in total. The Kier molecular flexibility index (Phi) is 4.68. The monoisotopic (exact) mass is 290 g/mol. The predicted molar refractivity (Wildman–Crippen MR) is 73.7 cm³/mol. The minimum Gasteiger partial charge on any atom is -0.467 e. The molecule has 1 heterocycles. The van der Waals surface area contributed by atoms with Gasteiger partial charge in [-0.25, -0.2) is 4.79 Å². The summed E-state index contributed by atoms with van der Waals surface area (Å²) in [5, 5.41) is 13.8. The number of rotatable bonds is 6. The first-order valence-corrected chi connectivity index (χ1v) is 6.20. The fourth-order valence-electron chi connectivity index (χ4n) is 1.81. The highest BCUT2D eigenvalue weighted by atomic mass is 16.6. The van der Waals surface area contributed by atoms with Gasteiger partial charge in [0.05, 0.1) is 24.1 Å². The van der Waals surface area contributed by atoms with Gasteiger partial charge >= 0.3 is 5.97 Å². The number of benzene rings is 1. The number of nitrogens with one attached hydrogen (secondary N) is 1. The van der Waals surface area contributed by atoms with Gasteiger partial charge in [-0.1, -0.05) is 12.1 Å². The highest BCUT2D eigenvalue weighted by Gasteiger charge is 2.10. The van der Waals surface area contributed by atoms with E-state index in [0.29, 0.717) is 24.4 Å². The maximum atomic E-state index is 11.3. The number of nitro benzene ring substituents is 1. The fraction of sp³-hybridized carbons (Fsp3) is 0.214. The third-order valence-electron chi connectivity index (χ3n) is 2.82. The minimum absolute atomic E-state index is 0.0558. The van der Waals surface area contributed by atoms with Crippen LogP contribution in [0.1, 0.15) is 21.7 Å². The van der Waals surface area contributed by atoms with Crippen LogP contribution in [0.4, 0.5) is 5.69 Å². The molecule has 0 atom stereocenters. The molecule has 0 aliphatic rings. The van der Waals surface area contributed by atoms with Gasteiger partial charge in [0.1, 0.15) is 12.0 Å². The van der Waals surface area contributed by atoms with Gasteiger partial charge in [0.2, 0.25) is 0 Å². The van der Waals surface area contributed by atoms with Crippen molar-refractivity contribution in [3.05, 3.63) is 63.6 Å². The average molecular weight is 290 g/mol. The molecule has 0 radical (unpaired) electrons. The summed E-state index contributed by atoms with van der Waals surface area (Å²) in [6.07, 6.45) is 1.33. The van der Waals surface area contributed by atoms with Crippen LogP contribution >= 0.6 is 0 Å². The van der Waals surface area contributed by atoms with Crippen LogP contribution in [0.2, 0.25) is 0 Å². The average Bonchev–Trinajstić information content (AvgIpc) is 2.95. The lowest BCUT2D eigenvalue weighted by Gasteiger charge is -2.02. The smallest absolute Gasteiger partial charge is 0.341 e. The number of non-ortho nitro benzene ring substituents is 1. The number of esters is 1. The molecule has 0 bridgehead atoms. The zero-order valence-corrected chi connectivity index (χ0v) is 11.4. The lowest BCUT2D eigenvalue weighted by molar-refractivity contribution is -0.384. The maximum absolute atomic E-state index is 11.3. The van der Waals surface area contributed by atoms with Gasteiger partial charge in [0.25, 0.3) is 5.69 Å². The second-order valence-corrected chi connectivity index (χ2v) is 4.32. The lowest BCUT2D eigenvalue weighted by atomic mass is 10.2. The molecule has 1 aromatic heterocycles. The molecule has 1 aromatic carbocycles. The molecule has 2 aromatic rings. The molecule has 0 aliphatic heterocycles. The van der Waals surface area contributed by atoms with Crippen LogP contribution in [0.15, 0.2) is 41.0 Å². The molecule has 0 unspecified atom stereocenters. The molecule has 21 heavy (non-hydrogen) atoms. The normalized spacial score (nSPS) is 10.3. The fourth-order valence-corrected chi connectivity index (χ4v) is 1.81. The number of nitro groups is 1. The van der Waals surface area contributed by atoms with Crippen LogP contribution in [-0.2, 0) is 17.8 Å². The first-order valence-electron chi connectivity index (χ1n) is 6.20. The number of hydrogen-bond donors (Lipinski definition) is 1. The van der Waals surface area contributed by atoms with E-state index in [-0.39, 0.29) is 5.69 Å². The van der Waals surface area contributed by atoms with Gasteiger partial charge in [-0.3, -0.25) is 10.1 Å². The van der Waals surface area contributed by atoms with Gasteiger partial charge in [0, 0.05) is 18.7 Å². The molecule has 110 valence electrons. The Morgan fingerprint density at radius 3 is 2.90 bits per heavy atom. The van der Waals surface area contributed by atoms with Crippen LogP contribution in [0.25, 0.3) is 0 Å². The van der Waals surface area contributed by atoms with Gasteiger partial charge in [-0.05, 0) is 11.6 Å². The molecule has 1 N–H and O–H groups in total. The summed E-state index contributed by atoms with van der Waals surface area (Å²) in [4.78, 5) is 21.5. The van der Waals surface area contributed by atoms with Crippen molar-refractivity contribution in [1.29, 1.82) is 0 Å². The van der Waals surface area contributed by atoms with E-state index < -0.39 is 10.9 Å². The Bertz CT molecular complexity index is 650. The summed E-state index contributed by atoms with van der Waals surface area (Å²) in [6, 6.07) is 7.97. The summed E-state index contributed by atoms with van der Waals surface area (Å²) in [7, 11) is 1.30. The molecule has 0 saturated heterocycles. The van der Waals surface area contributed by atoms with Crippen LogP contribution < -0.4 is 5.32 Å². The van der Waals surface area contributed by atoms with Crippen molar-refractivity contribution in [2.75, 3.05) is 7.11 Å². The van der Waals surface area contributed by atoms with Crippen molar-refractivity contribution in [1.82, 2.24) is 5.32 Å².